The van der Waals surface area contributed by atoms with E-state index < -0.39 is 0 Å². The van der Waals surface area contributed by atoms with E-state index in [0.717, 1.165) is 0 Å². The second-order valence-electron chi connectivity index (χ2n) is 0. The first-order valence-corrected chi connectivity index (χ1v) is 1.19. The van der Waals surface area contributed by atoms with Gasteiger partial charge in [-0.3, -0.25) is 0 Å². The molecule has 24 valence electrons. The van der Waals surface area contributed by atoms with E-state index in [-0.39, 0.29) is 0 Å². The zero-order valence-corrected chi connectivity index (χ0v) is 3.51. The molecule has 0 heterocycles. The predicted molar refractivity (Wildman–Crippen MR) is 11.9 cm³/mol. The number of rotatable bonds is 0. The Bertz CT molecular complexity index is 8.00. The second-order valence-corrected chi connectivity index (χ2v) is 0. The van der Waals surface area contributed by atoms with Crippen LogP contribution in [0.25, 0.3) is 0 Å². The van der Waals surface area contributed by atoms with Gasteiger partial charge in [0.05, 0.1) is 0 Å². The summed E-state index contributed by atoms with van der Waals surface area (Å²) in [5.74, 6) is 0. The van der Waals surface area contributed by atoms with Crippen molar-refractivity contribution in [2.75, 3.05) is 0 Å². The molecule has 0 unspecified atom stereocenters. The van der Waals surface area contributed by atoms with Gasteiger partial charge < -0.3 is 0 Å². The Labute approximate surface area is 34.0 Å². The summed E-state index contributed by atoms with van der Waals surface area (Å²) in [5.41, 5.74) is 0. The van der Waals surface area contributed by atoms with Crippen LogP contribution >= 0.6 is 0 Å². The molecule has 1 nitrogen and oxygen atoms in total. The third kappa shape index (κ3) is 454. The molecule has 0 aliphatic carbocycles. The molecule has 0 aromatic rings. The van der Waals surface area contributed by atoms with E-state index >= 15 is 0 Å². The van der Waals surface area contributed by atoms with Crippen LogP contribution < -0.4 is 0 Å². The average Bonchev–Trinajstić information content (AvgIpc) is 1.50. The zero-order chi connectivity index (χ0) is 4.00. The van der Waals surface area contributed by atoms with Crippen LogP contribution in [0, 0.1) is 0 Å². The first-order valence-electron chi connectivity index (χ1n) is 0.667. The number of hydrogen-bond acceptors (Lipinski definition) is 1. The van der Waals surface area contributed by atoms with E-state index in [1.165, 1.54) is 16.2 Å². The van der Waals surface area contributed by atoms with Crippen molar-refractivity contribution in [1.29, 1.82) is 0 Å². The Kier molecular flexibility index (Phi) is 5620. The Morgan fingerprint density at radius 1 is 1.25 bits per heavy atom. The van der Waals surface area contributed by atoms with Gasteiger partial charge in [-0.1, -0.05) is 0 Å². The Morgan fingerprint density at radius 3 is 1.25 bits per heavy atom. The van der Waals surface area contributed by atoms with Gasteiger partial charge in [-0.15, -0.1) is 13.2 Å². The molecule has 2 heteroatoms. The van der Waals surface area contributed by atoms with Crippen molar-refractivity contribution in [3.63, 3.8) is 0 Å². The summed E-state index contributed by atoms with van der Waals surface area (Å²) in [6.45, 7) is 6.00. The van der Waals surface area contributed by atoms with Gasteiger partial charge in [-0.2, -0.15) is 0 Å². The molecule has 0 N–H and O–H groups in total. The molecule has 0 aliphatic rings. The van der Waals surface area contributed by atoms with Gasteiger partial charge in [-0.05, 0) is 0 Å². The van der Waals surface area contributed by atoms with Crippen LogP contribution in [-0.4, -0.2) is 0 Å². The molecule has 0 radical (unpaired) electrons. The van der Waals surface area contributed by atoms with Crippen molar-refractivity contribution in [2.24, 2.45) is 0 Å². The van der Waals surface area contributed by atoms with Crippen molar-refractivity contribution in [1.82, 2.24) is 0 Å². The van der Waals surface area contributed by atoms with Crippen LogP contribution in [0.15, 0.2) is 13.2 Å². The summed E-state index contributed by atoms with van der Waals surface area (Å²) >= 11 is 1.38. The molecule has 0 spiro atoms. The molecule has 0 fully saturated rings. The van der Waals surface area contributed by atoms with Gasteiger partial charge in [0.15, 0.2) is 0 Å². The summed E-state index contributed by atoms with van der Waals surface area (Å²) in [5, 5.41) is 0. The van der Waals surface area contributed by atoms with Crippen LogP contribution in [0.3, 0.4) is 0 Å². The molecule has 0 aliphatic heterocycles. The van der Waals surface area contributed by atoms with Crippen molar-refractivity contribution in [2.45, 2.75) is 0 Å². The maximum atomic E-state index is 8.12. The van der Waals surface area contributed by atoms with Crippen molar-refractivity contribution in [3.8, 4) is 0 Å². The van der Waals surface area contributed by atoms with Crippen LogP contribution in [-0.2, 0) is 20.0 Å². The fraction of sp³-hybridized carbons (Fsp3) is 0. The first kappa shape index (κ1) is 8.95. The van der Waals surface area contributed by atoms with Crippen LogP contribution in [0.1, 0.15) is 0 Å². The summed E-state index contributed by atoms with van der Waals surface area (Å²) in [6, 6.07) is 0. The summed E-state index contributed by atoms with van der Waals surface area (Å²) in [7, 11) is 0. The van der Waals surface area contributed by atoms with E-state index in [2.05, 4.69) is 13.2 Å². The van der Waals surface area contributed by atoms with Crippen molar-refractivity contribution in [3.05, 3.63) is 13.2 Å². The Morgan fingerprint density at radius 2 is 1.25 bits per heavy atom. The Balaban J connectivity index is 0. The minimum absolute atomic E-state index is 1.38. The third-order valence-corrected chi connectivity index (χ3v) is 0. The molecule has 0 amide bonds. The first-order chi connectivity index (χ1) is 2.00. The molecule has 4 heavy (non-hydrogen) atoms. The van der Waals surface area contributed by atoms with Gasteiger partial charge in [0.25, 0.3) is 0 Å². The van der Waals surface area contributed by atoms with E-state index in [4.69, 9.17) is 3.80 Å². The zero-order valence-electron chi connectivity index (χ0n) is 2.23. The quantitative estimate of drug-likeness (QED) is 0.405. The van der Waals surface area contributed by atoms with Gasteiger partial charge in [0.2, 0.25) is 0 Å². The fourth-order valence-corrected chi connectivity index (χ4v) is 0. The molecular weight excluding hydrogens is 92.0 g/mol. The van der Waals surface area contributed by atoms with E-state index in [1.54, 1.807) is 0 Å². The average molecular weight is 96.0 g/mol. The van der Waals surface area contributed by atoms with Gasteiger partial charge >= 0.3 is 20.0 Å². The molecule has 0 bridgehead atoms. The van der Waals surface area contributed by atoms with Crippen LogP contribution in [0.5, 0.6) is 0 Å². The van der Waals surface area contributed by atoms with Crippen molar-refractivity contribution < 1.29 is 20.0 Å². The molecule has 0 atom stereocenters. The Hall–Kier alpha value is 0.0725. The monoisotopic (exact) mass is 96.0 g/mol. The van der Waals surface area contributed by atoms with Crippen LogP contribution in [0.4, 0.5) is 0 Å². The minimum atomic E-state index is 1.38. The molecule has 0 aromatic heterocycles. The van der Waals surface area contributed by atoms with E-state index in [9.17, 15) is 0 Å². The normalized spacial score (nSPS) is 2.00. The summed E-state index contributed by atoms with van der Waals surface area (Å²) < 4.78 is 8.12. The van der Waals surface area contributed by atoms with Gasteiger partial charge in [0.1, 0.15) is 0 Å². The summed E-state index contributed by atoms with van der Waals surface area (Å²) in [6.07, 6.45) is 0. The standard InChI is InChI=1S/C2H4.Cr.O/c1-2;;/h1-2H2;;. The molecule has 0 saturated carbocycles. The van der Waals surface area contributed by atoms with Crippen molar-refractivity contribution >= 4 is 0 Å². The van der Waals surface area contributed by atoms with Crippen LogP contribution in [0.2, 0.25) is 0 Å². The van der Waals surface area contributed by atoms with Gasteiger partial charge in [0, 0.05) is 0 Å². The predicted octanol–water partition coefficient (Wildman–Crippen LogP) is 0.681. The molecule has 0 saturated heterocycles. The summed E-state index contributed by atoms with van der Waals surface area (Å²) in [4.78, 5) is 0. The molecular formula is C2H4CrO. The topological polar surface area (TPSA) is 17.1 Å². The van der Waals surface area contributed by atoms with E-state index in [0.29, 0.717) is 0 Å². The maximum absolute atomic E-state index is 8.12. The SMILES string of the molecule is C=C.[O]=[Cr]. The van der Waals surface area contributed by atoms with E-state index in [1.807, 2.05) is 0 Å². The second kappa shape index (κ2) is 2510. The molecule has 0 aromatic carbocycles. The fourth-order valence-electron chi connectivity index (χ4n) is 0. The molecule has 0 rings (SSSR count). The third-order valence-electron chi connectivity index (χ3n) is 0. The van der Waals surface area contributed by atoms with Gasteiger partial charge in [-0.25, -0.2) is 0 Å². The number of hydrogen-bond donors (Lipinski definition) is 0.